The zero-order chi connectivity index (χ0) is 24.5. The van der Waals surface area contributed by atoms with Gasteiger partial charge in [0.05, 0.1) is 23.6 Å². The molecular formula is C25H29N3O4S2. The summed E-state index contributed by atoms with van der Waals surface area (Å²) in [6, 6.07) is 10.6. The lowest BCUT2D eigenvalue weighted by molar-refractivity contribution is -0.120. The number of benzene rings is 2. The number of hydrogen-bond acceptors (Lipinski definition) is 6. The lowest BCUT2D eigenvalue weighted by Crippen LogP contribution is -2.43. The highest BCUT2D eigenvalue weighted by Crippen LogP contribution is 2.32. The van der Waals surface area contributed by atoms with E-state index in [1.807, 2.05) is 5.38 Å². The van der Waals surface area contributed by atoms with Crippen molar-refractivity contribution in [2.45, 2.75) is 38.5 Å². The number of nitrogens with zero attached hydrogens (tertiary/aromatic N) is 2. The summed E-state index contributed by atoms with van der Waals surface area (Å²) >= 11 is 1.38. The highest BCUT2D eigenvalue weighted by Gasteiger charge is 2.33. The second-order valence-corrected chi connectivity index (χ2v) is 11.5. The number of piperidine rings is 1. The molecule has 1 atom stereocenters. The first-order valence-electron chi connectivity index (χ1n) is 11.2. The van der Waals surface area contributed by atoms with Crippen LogP contribution in [0.15, 0.2) is 46.7 Å². The van der Waals surface area contributed by atoms with Gasteiger partial charge in [-0.05, 0) is 69.0 Å². The van der Waals surface area contributed by atoms with E-state index in [0.29, 0.717) is 30.3 Å². The Morgan fingerprint density at radius 1 is 1.15 bits per heavy atom. The van der Waals surface area contributed by atoms with Gasteiger partial charge in [-0.1, -0.05) is 17.7 Å². The van der Waals surface area contributed by atoms with Crippen LogP contribution in [0.5, 0.6) is 5.75 Å². The number of ether oxygens (including phenoxy) is 1. The number of methoxy groups -OCH3 is 1. The maximum atomic E-state index is 13.1. The van der Waals surface area contributed by atoms with Crippen molar-refractivity contribution >= 4 is 32.4 Å². The third-order valence-electron chi connectivity index (χ3n) is 6.12. The maximum absolute atomic E-state index is 13.1. The highest BCUT2D eigenvalue weighted by atomic mass is 32.2. The number of rotatable bonds is 6. The molecule has 1 unspecified atom stereocenters. The third kappa shape index (κ3) is 5.01. The van der Waals surface area contributed by atoms with Crippen molar-refractivity contribution in [3.8, 4) is 17.0 Å². The number of carbonyl (C=O) groups excluding carboxylic acids is 1. The Morgan fingerprint density at radius 2 is 1.82 bits per heavy atom. The minimum Gasteiger partial charge on any atom is -0.497 e. The molecular weight excluding hydrogens is 470 g/mol. The van der Waals surface area contributed by atoms with Crippen molar-refractivity contribution in [1.82, 2.24) is 9.29 Å². The molecule has 0 bridgehead atoms. The normalized spacial score (nSPS) is 16.9. The van der Waals surface area contributed by atoms with Gasteiger partial charge in [-0.25, -0.2) is 13.4 Å². The number of aryl methyl sites for hydroxylation is 3. The summed E-state index contributed by atoms with van der Waals surface area (Å²) in [6.45, 7) is 6.73. The molecule has 1 fully saturated rings. The minimum atomic E-state index is -3.69. The summed E-state index contributed by atoms with van der Waals surface area (Å²) in [5.74, 6) is -0.0430. The van der Waals surface area contributed by atoms with Gasteiger partial charge in [0.1, 0.15) is 5.75 Å². The van der Waals surface area contributed by atoms with Crippen molar-refractivity contribution in [2.75, 3.05) is 25.5 Å². The topological polar surface area (TPSA) is 88.6 Å². The molecule has 0 aliphatic carbocycles. The fraction of sp³-hybridized carbons (Fsp3) is 0.360. The molecule has 0 saturated carbocycles. The number of sulfonamides is 1. The molecule has 9 heteroatoms. The Labute approximate surface area is 204 Å². The smallest absolute Gasteiger partial charge is 0.243 e. The molecule has 1 N–H and O–H groups in total. The molecule has 180 valence electrons. The van der Waals surface area contributed by atoms with Gasteiger partial charge in [0, 0.05) is 24.0 Å². The van der Waals surface area contributed by atoms with Crippen LogP contribution >= 0.6 is 11.3 Å². The monoisotopic (exact) mass is 499 g/mol. The van der Waals surface area contributed by atoms with Gasteiger partial charge in [0.2, 0.25) is 15.9 Å². The molecule has 1 aliphatic rings. The molecule has 1 saturated heterocycles. The number of aromatic nitrogens is 1. The summed E-state index contributed by atoms with van der Waals surface area (Å²) < 4.78 is 32.7. The molecule has 4 rings (SSSR count). The van der Waals surface area contributed by atoms with Gasteiger partial charge in [-0.2, -0.15) is 4.31 Å². The Morgan fingerprint density at radius 3 is 2.47 bits per heavy atom. The predicted octanol–water partition coefficient (Wildman–Crippen LogP) is 4.78. The number of nitrogens with one attached hydrogen (secondary N) is 1. The van der Waals surface area contributed by atoms with Crippen LogP contribution in [-0.2, 0) is 14.8 Å². The van der Waals surface area contributed by atoms with Gasteiger partial charge in [0.15, 0.2) is 5.13 Å². The Hall–Kier alpha value is -2.75. The summed E-state index contributed by atoms with van der Waals surface area (Å²) in [4.78, 5) is 17.8. The minimum absolute atomic E-state index is 0.147. The standard InChI is InChI=1S/C25H29N3O4S2/c1-16-12-17(2)23(18(3)13-16)22-15-33-25(26-22)27-24(29)19-6-5-11-28(14-19)34(30,31)21-9-7-20(32-4)8-10-21/h7-10,12-13,15,19H,5-6,11,14H2,1-4H3,(H,26,27,29). The van der Waals surface area contributed by atoms with Gasteiger partial charge in [0.25, 0.3) is 0 Å². The summed E-state index contributed by atoms with van der Waals surface area (Å²) in [6.07, 6.45) is 1.26. The van der Waals surface area contributed by atoms with Crippen LogP contribution in [0.1, 0.15) is 29.5 Å². The lowest BCUT2D eigenvalue weighted by atomic mass is 9.98. The molecule has 34 heavy (non-hydrogen) atoms. The van der Waals surface area contributed by atoms with Gasteiger partial charge in [-0.15, -0.1) is 11.3 Å². The van der Waals surface area contributed by atoms with Gasteiger partial charge < -0.3 is 10.1 Å². The third-order valence-corrected chi connectivity index (χ3v) is 8.76. The van der Waals surface area contributed by atoms with Crippen LogP contribution in [0, 0.1) is 26.7 Å². The second kappa shape index (κ2) is 9.85. The van der Waals surface area contributed by atoms with E-state index in [-0.39, 0.29) is 17.3 Å². The van der Waals surface area contributed by atoms with Crippen molar-refractivity contribution in [1.29, 1.82) is 0 Å². The number of thiazole rings is 1. The van der Waals surface area contributed by atoms with Crippen LogP contribution in [0.2, 0.25) is 0 Å². The van der Waals surface area contributed by atoms with Crippen LogP contribution < -0.4 is 10.1 Å². The van der Waals surface area contributed by atoms with Crippen LogP contribution in [0.4, 0.5) is 5.13 Å². The zero-order valence-corrected chi connectivity index (χ0v) is 21.4. The largest absolute Gasteiger partial charge is 0.497 e. The fourth-order valence-electron chi connectivity index (χ4n) is 4.51. The first kappa shape index (κ1) is 24.4. The van der Waals surface area contributed by atoms with E-state index in [9.17, 15) is 13.2 Å². The zero-order valence-electron chi connectivity index (χ0n) is 19.8. The Balaban J connectivity index is 1.46. The van der Waals surface area contributed by atoms with Crippen LogP contribution in [-0.4, -0.2) is 43.8 Å². The van der Waals surface area contributed by atoms with E-state index >= 15 is 0 Å². The quantitative estimate of drug-likeness (QED) is 0.527. The average molecular weight is 500 g/mol. The molecule has 0 spiro atoms. The van der Waals surface area contributed by atoms with E-state index in [0.717, 1.165) is 22.4 Å². The van der Waals surface area contributed by atoms with Crippen LogP contribution in [0.3, 0.4) is 0 Å². The van der Waals surface area contributed by atoms with Crippen molar-refractivity contribution < 1.29 is 17.9 Å². The van der Waals surface area contributed by atoms with E-state index in [1.54, 1.807) is 12.1 Å². The molecule has 0 radical (unpaired) electrons. The first-order valence-corrected chi connectivity index (χ1v) is 13.5. The SMILES string of the molecule is COc1ccc(S(=O)(=O)N2CCCC(C(=O)Nc3nc(-c4c(C)cc(C)cc4C)cs3)C2)cc1. The predicted molar refractivity (Wildman–Crippen MR) is 135 cm³/mol. The van der Waals surface area contributed by atoms with Crippen molar-refractivity contribution in [2.24, 2.45) is 5.92 Å². The lowest BCUT2D eigenvalue weighted by Gasteiger charge is -2.31. The molecule has 2 heterocycles. The molecule has 3 aromatic rings. The van der Waals surface area contributed by atoms with Gasteiger partial charge >= 0.3 is 0 Å². The Bertz CT molecular complexity index is 1280. The van der Waals surface area contributed by atoms with E-state index in [4.69, 9.17) is 4.74 Å². The second-order valence-electron chi connectivity index (χ2n) is 8.68. The first-order chi connectivity index (χ1) is 16.2. The highest BCUT2D eigenvalue weighted by molar-refractivity contribution is 7.89. The average Bonchev–Trinajstić information content (AvgIpc) is 3.26. The summed E-state index contributed by atoms with van der Waals surface area (Å²) in [5.41, 5.74) is 5.41. The van der Waals surface area contributed by atoms with Crippen LogP contribution in [0.25, 0.3) is 11.3 Å². The fourth-order valence-corrected chi connectivity index (χ4v) is 6.74. The van der Waals surface area contributed by atoms with Gasteiger partial charge in [-0.3, -0.25) is 4.79 Å². The number of anilines is 1. The molecule has 1 amide bonds. The van der Waals surface area contributed by atoms with E-state index in [2.05, 4.69) is 43.2 Å². The van der Waals surface area contributed by atoms with Crippen molar-refractivity contribution in [3.05, 3.63) is 58.5 Å². The molecule has 1 aromatic heterocycles. The van der Waals surface area contributed by atoms with E-state index in [1.165, 1.54) is 40.4 Å². The maximum Gasteiger partial charge on any atom is 0.243 e. The summed E-state index contributed by atoms with van der Waals surface area (Å²) in [5, 5.41) is 5.38. The number of carbonyl (C=O) groups is 1. The molecule has 1 aliphatic heterocycles. The number of hydrogen-bond donors (Lipinski definition) is 1. The molecule has 2 aromatic carbocycles. The van der Waals surface area contributed by atoms with Crippen molar-refractivity contribution in [3.63, 3.8) is 0 Å². The summed E-state index contributed by atoms with van der Waals surface area (Å²) in [7, 11) is -2.15. The number of amides is 1. The molecule has 7 nitrogen and oxygen atoms in total. The van der Waals surface area contributed by atoms with E-state index < -0.39 is 15.9 Å². The Kier molecular flexibility index (Phi) is 7.06.